The van der Waals surface area contributed by atoms with Crippen molar-refractivity contribution in [1.29, 1.82) is 0 Å². The molecular weight excluding hydrogens is 296 g/mol. The molecular formula is C12H18N4O2S2. The zero-order valence-electron chi connectivity index (χ0n) is 11.3. The van der Waals surface area contributed by atoms with Gasteiger partial charge in [0.05, 0.1) is 12.7 Å². The first-order valence-electron chi connectivity index (χ1n) is 6.25. The van der Waals surface area contributed by atoms with Crippen LogP contribution in [-0.4, -0.2) is 42.6 Å². The van der Waals surface area contributed by atoms with Gasteiger partial charge in [0.1, 0.15) is 4.90 Å². The van der Waals surface area contributed by atoms with Crippen molar-refractivity contribution in [1.82, 2.24) is 14.1 Å². The first-order valence-corrected chi connectivity index (χ1v) is 8.57. The monoisotopic (exact) mass is 314 g/mol. The van der Waals surface area contributed by atoms with Crippen LogP contribution in [0.4, 0.5) is 0 Å². The Hall–Kier alpha value is -1.22. The molecule has 0 fully saturated rings. The molecule has 0 saturated carbocycles. The molecule has 0 amide bonds. The zero-order chi connectivity index (χ0) is 14.6. The van der Waals surface area contributed by atoms with Gasteiger partial charge in [0.2, 0.25) is 10.0 Å². The predicted octanol–water partition coefficient (Wildman–Crippen LogP) is 0.767. The third kappa shape index (κ3) is 3.45. The number of aromatic nitrogens is 2. The van der Waals surface area contributed by atoms with Crippen LogP contribution in [-0.2, 0) is 23.0 Å². The van der Waals surface area contributed by atoms with Crippen molar-refractivity contribution in [2.75, 3.05) is 20.1 Å². The van der Waals surface area contributed by atoms with Gasteiger partial charge in [-0.1, -0.05) is 6.07 Å². The fraction of sp³-hybridized carbons (Fsp3) is 0.417. The van der Waals surface area contributed by atoms with Crippen molar-refractivity contribution in [2.45, 2.75) is 17.9 Å². The van der Waals surface area contributed by atoms with E-state index in [2.05, 4.69) is 5.10 Å². The Labute approximate surface area is 122 Å². The minimum atomic E-state index is -3.48. The van der Waals surface area contributed by atoms with Gasteiger partial charge in [0.25, 0.3) is 0 Å². The standard InChI is InChI=1S/C12H18N4O2S2/c1-15(6-4-11-3-2-8-19-11)20(17,18)12-9-14-16(10-12)7-5-13/h2-3,8-10H,4-7,13H2,1H3. The summed E-state index contributed by atoms with van der Waals surface area (Å²) in [5.74, 6) is 0. The summed E-state index contributed by atoms with van der Waals surface area (Å²) in [6, 6.07) is 3.97. The van der Waals surface area contributed by atoms with Crippen LogP contribution in [0, 0.1) is 0 Å². The topological polar surface area (TPSA) is 81.2 Å². The van der Waals surface area contributed by atoms with Gasteiger partial charge in [-0.15, -0.1) is 11.3 Å². The molecule has 0 aliphatic rings. The van der Waals surface area contributed by atoms with Gasteiger partial charge in [0.15, 0.2) is 0 Å². The largest absolute Gasteiger partial charge is 0.329 e. The summed E-state index contributed by atoms with van der Waals surface area (Å²) in [7, 11) is -1.89. The third-order valence-electron chi connectivity index (χ3n) is 2.93. The maximum Gasteiger partial charge on any atom is 0.245 e. The molecule has 0 aliphatic carbocycles. The molecule has 0 radical (unpaired) electrons. The molecule has 20 heavy (non-hydrogen) atoms. The van der Waals surface area contributed by atoms with Crippen LogP contribution in [0.15, 0.2) is 34.8 Å². The van der Waals surface area contributed by atoms with E-state index < -0.39 is 10.0 Å². The summed E-state index contributed by atoms with van der Waals surface area (Å²) in [5.41, 5.74) is 5.42. The molecule has 110 valence electrons. The lowest BCUT2D eigenvalue weighted by Crippen LogP contribution is -2.28. The Morgan fingerprint density at radius 1 is 1.50 bits per heavy atom. The number of nitrogens with two attached hydrogens (primary N) is 1. The molecule has 0 unspecified atom stereocenters. The van der Waals surface area contributed by atoms with Crippen molar-refractivity contribution in [3.8, 4) is 0 Å². The van der Waals surface area contributed by atoms with Gasteiger partial charge < -0.3 is 5.73 Å². The number of sulfonamides is 1. The highest BCUT2D eigenvalue weighted by Gasteiger charge is 2.22. The Morgan fingerprint density at radius 3 is 2.95 bits per heavy atom. The fourth-order valence-corrected chi connectivity index (χ4v) is 3.58. The number of hydrogen-bond acceptors (Lipinski definition) is 5. The molecule has 2 N–H and O–H groups in total. The average Bonchev–Trinajstić information content (AvgIpc) is 3.07. The SMILES string of the molecule is CN(CCc1cccs1)S(=O)(=O)c1cnn(CCN)c1. The lowest BCUT2D eigenvalue weighted by atomic mass is 10.3. The van der Waals surface area contributed by atoms with Crippen LogP contribution >= 0.6 is 11.3 Å². The Kier molecular flexibility index (Phi) is 4.92. The summed E-state index contributed by atoms with van der Waals surface area (Å²) in [6.07, 6.45) is 3.60. The summed E-state index contributed by atoms with van der Waals surface area (Å²) in [6.45, 7) is 1.38. The highest BCUT2D eigenvalue weighted by atomic mass is 32.2. The first kappa shape index (κ1) is 15.2. The lowest BCUT2D eigenvalue weighted by molar-refractivity contribution is 0.473. The molecule has 0 saturated heterocycles. The molecule has 0 aromatic carbocycles. The quantitative estimate of drug-likeness (QED) is 0.818. The predicted molar refractivity (Wildman–Crippen MR) is 79.1 cm³/mol. The molecule has 2 rings (SSSR count). The third-order valence-corrected chi connectivity index (χ3v) is 5.68. The number of thiophene rings is 1. The van der Waals surface area contributed by atoms with E-state index in [4.69, 9.17) is 5.73 Å². The van der Waals surface area contributed by atoms with Crippen molar-refractivity contribution in [3.05, 3.63) is 34.8 Å². The minimum Gasteiger partial charge on any atom is -0.329 e. The molecule has 6 nitrogen and oxygen atoms in total. The molecule has 0 spiro atoms. The summed E-state index contributed by atoms with van der Waals surface area (Å²) in [5, 5.41) is 5.98. The van der Waals surface area contributed by atoms with E-state index in [0.717, 1.165) is 0 Å². The van der Waals surface area contributed by atoms with Gasteiger partial charge >= 0.3 is 0 Å². The van der Waals surface area contributed by atoms with Crippen molar-refractivity contribution in [3.63, 3.8) is 0 Å². The van der Waals surface area contributed by atoms with Crippen LogP contribution in [0.2, 0.25) is 0 Å². The fourth-order valence-electron chi connectivity index (χ4n) is 1.75. The Morgan fingerprint density at radius 2 is 2.30 bits per heavy atom. The molecule has 0 aliphatic heterocycles. The van der Waals surface area contributed by atoms with Gasteiger partial charge in [0, 0.05) is 31.2 Å². The Bertz CT molecular complexity index is 634. The van der Waals surface area contributed by atoms with Crippen LogP contribution < -0.4 is 5.73 Å². The average molecular weight is 314 g/mol. The minimum absolute atomic E-state index is 0.208. The van der Waals surface area contributed by atoms with Crippen LogP contribution in [0.25, 0.3) is 0 Å². The summed E-state index contributed by atoms with van der Waals surface area (Å²) >= 11 is 1.63. The maximum absolute atomic E-state index is 12.4. The maximum atomic E-state index is 12.4. The molecule has 2 aromatic rings. The van der Waals surface area contributed by atoms with Gasteiger partial charge in [-0.05, 0) is 17.9 Å². The van der Waals surface area contributed by atoms with Gasteiger partial charge in [-0.3, -0.25) is 4.68 Å². The normalized spacial score (nSPS) is 12.2. The molecule has 0 bridgehead atoms. The zero-order valence-corrected chi connectivity index (χ0v) is 12.9. The van der Waals surface area contributed by atoms with E-state index >= 15 is 0 Å². The van der Waals surface area contributed by atoms with Gasteiger partial charge in [-0.25, -0.2) is 12.7 Å². The number of likely N-dealkylation sites (N-methyl/N-ethyl adjacent to an activating group) is 1. The van der Waals surface area contributed by atoms with Crippen LogP contribution in [0.1, 0.15) is 4.88 Å². The van der Waals surface area contributed by atoms with Gasteiger partial charge in [-0.2, -0.15) is 5.10 Å². The summed E-state index contributed by atoms with van der Waals surface area (Å²) < 4.78 is 27.6. The smallest absolute Gasteiger partial charge is 0.245 e. The first-order chi connectivity index (χ1) is 9.54. The summed E-state index contributed by atoms with van der Waals surface area (Å²) in [4.78, 5) is 1.38. The Balaban J connectivity index is 2.04. The second-order valence-corrected chi connectivity index (χ2v) is 7.46. The molecule has 0 atom stereocenters. The van der Waals surface area contributed by atoms with Crippen LogP contribution in [0.5, 0.6) is 0 Å². The molecule has 8 heteroatoms. The highest BCUT2D eigenvalue weighted by Crippen LogP contribution is 2.15. The van der Waals surface area contributed by atoms with E-state index in [-0.39, 0.29) is 4.90 Å². The molecule has 2 aromatic heterocycles. The lowest BCUT2D eigenvalue weighted by Gasteiger charge is -2.15. The van der Waals surface area contributed by atoms with E-state index in [1.807, 2.05) is 17.5 Å². The van der Waals surface area contributed by atoms with Crippen molar-refractivity contribution >= 4 is 21.4 Å². The van der Waals surface area contributed by atoms with E-state index in [1.54, 1.807) is 23.1 Å². The number of nitrogens with zero attached hydrogens (tertiary/aromatic N) is 3. The van der Waals surface area contributed by atoms with Crippen molar-refractivity contribution in [2.24, 2.45) is 5.73 Å². The van der Waals surface area contributed by atoms with Crippen molar-refractivity contribution < 1.29 is 8.42 Å². The molecule has 2 heterocycles. The van der Waals surface area contributed by atoms with E-state index in [0.29, 0.717) is 26.1 Å². The van der Waals surface area contributed by atoms with E-state index in [1.165, 1.54) is 21.6 Å². The number of rotatable bonds is 7. The second kappa shape index (κ2) is 6.49. The second-order valence-electron chi connectivity index (χ2n) is 4.38. The van der Waals surface area contributed by atoms with E-state index in [9.17, 15) is 8.42 Å². The van der Waals surface area contributed by atoms with Crippen LogP contribution in [0.3, 0.4) is 0 Å². The highest BCUT2D eigenvalue weighted by molar-refractivity contribution is 7.89. The number of hydrogen-bond donors (Lipinski definition) is 1.